The van der Waals surface area contributed by atoms with E-state index in [0.717, 1.165) is 24.0 Å². The Bertz CT molecular complexity index is 638. The summed E-state index contributed by atoms with van der Waals surface area (Å²) >= 11 is 0. The third-order valence-electron chi connectivity index (χ3n) is 3.76. The third-order valence-corrected chi connectivity index (χ3v) is 3.76. The quantitative estimate of drug-likeness (QED) is 0.924. The van der Waals surface area contributed by atoms with Crippen molar-refractivity contribution in [2.24, 2.45) is 0 Å². The Hall–Kier alpha value is -2.12. The van der Waals surface area contributed by atoms with Gasteiger partial charge in [-0.25, -0.2) is 4.98 Å². The van der Waals surface area contributed by atoms with E-state index in [9.17, 15) is 5.26 Å². The number of nitrogens with zero attached hydrogens (tertiary/aromatic N) is 3. The van der Waals surface area contributed by atoms with E-state index in [1.807, 2.05) is 30.3 Å². The molecular formula is C16H18N4. The summed E-state index contributed by atoms with van der Waals surface area (Å²) < 4.78 is 0. The van der Waals surface area contributed by atoms with Crippen molar-refractivity contribution in [1.29, 1.82) is 5.26 Å². The molecule has 1 aliphatic rings. The molecule has 1 aromatic carbocycles. The fraction of sp³-hybridized carbons (Fsp3) is 0.375. The van der Waals surface area contributed by atoms with Crippen LogP contribution in [-0.2, 0) is 0 Å². The number of nitrogens with one attached hydrogen (secondary N) is 1. The van der Waals surface area contributed by atoms with E-state index in [-0.39, 0.29) is 0 Å². The first kappa shape index (κ1) is 12.9. The maximum absolute atomic E-state index is 9.25. The SMILES string of the molecule is N#Cc1cc2ccccc2nc1NCCN1CCCC1. The largest absolute Gasteiger partial charge is 0.368 e. The molecule has 0 bridgehead atoms. The Balaban J connectivity index is 1.74. The van der Waals surface area contributed by atoms with E-state index in [2.05, 4.69) is 21.3 Å². The van der Waals surface area contributed by atoms with Gasteiger partial charge in [0.15, 0.2) is 0 Å². The standard InChI is InChI=1S/C16H18N4/c17-12-14-11-13-5-1-2-6-15(13)19-16(14)18-7-10-20-8-3-4-9-20/h1-2,5-6,11H,3-4,7-10H2,(H,18,19). The summed E-state index contributed by atoms with van der Waals surface area (Å²) in [4.78, 5) is 7.00. The maximum atomic E-state index is 9.25. The van der Waals surface area contributed by atoms with Crippen LogP contribution in [0.2, 0.25) is 0 Å². The van der Waals surface area contributed by atoms with Crippen LogP contribution >= 0.6 is 0 Å². The lowest BCUT2D eigenvalue weighted by atomic mass is 10.1. The first-order valence-corrected chi connectivity index (χ1v) is 7.13. The minimum absolute atomic E-state index is 0.616. The van der Waals surface area contributed by atoms with Gasteiger partial charge in [0.1, 0.15) is 11.9 Å². The monoisotopic (exact) mass is 266 g/mol. The molecule has 0 radical (unpaired) electrons. The molecule has 1 aliphatic heterocycles. The van der Waals surface area contributed by atoms with Crippen molar-refractivity contribution in [1.82, 2.24) is 9.88 Å². The second kappa shape index (κ2) is 5.89. The molecule has 1 fully saturated rings. The highest BCUT2D eigenvalue weighted by atomic mass is 15.2. The van der Waals surface area contributed by atoms with Gasteiger partial charge in [-0.3, -0.25) is 0 Å². The summed E-state index contributed by atoms with van der Waals surface area (Å²) in [5.74, 6) is 0.699. The Kier molecular flexibility index (Phi) is 3.80. The topological polar surface area (TPSA) is 52.0 Å². The molecule has 2 heterocycles. The van der Waals surface area contributed by atoms with Crippen LogP contribution in [0.3, 0.4) is 0 Å². The number of fused-ring (bicyclic) bond motifs is 1. The lowest BCUT2D eigenvalue weighted by Crippen LogP contribution is -2.26. The molecule has 0 amide bonds. The molecular weight excluding hydrogens is 248 g/mol. The Morgan fingerprint density at radius 1 is 1.25 bits per heavy atom. The highest BCUT2D eigenvalue weighted by Gasteiger charge is 2.11. The minimum Gasteiger partial charge on any atom is -0.368 e. The number of pyridine rings is 1. The van der Waals surface area contributed by atoms with Crippen LogP contribution in [-0.4, -0.2) is 36.1 Å². The fourth-order valence-corrected chi connectivity index (χ4v) is 2.67. The zero-order valence-electron chi connectivity index (χ0n) is 11.5. The second-order valence-corrected chi connectivity index (χ2v) is 5.16. The van der Waals surface area contributed by atoms with Crippen molar-refractivity contribution in [3.05, 3.63) is 35.9 Å². The van der Waals surface area contributed by atoms with E-state index in [1.54, 1.807) is 0 Å². The van der Waals surface area contributed by atoms with Gasteiger partial charge in [-0.05, 0) is 38.1 Å². The molecule has 4 nitrogen and oxygen atoms in total. The number of anilines is 1. The molecule has 0 saturated carbocycles. The van der Waals surface area contributed by atoms with Crippen molar-refractivity contribution in [2.45, 2.75) is 12.8 Å². The number of benzene rings is 1. The maximum Gasteiger partial charge on any atom is 0.144 e. The first-order valence-electron chi connectivity index (χ1n) is 7.13. The predicted molar refractivity (Wildman–Crippen MR) is 80.6 cm³/mol. The highest BCUT2D eigenvalue weighted by Crippen LogP contribution is 2.19. The Labute approximate surface area is 119 Å². The lowest BCUT2D eigenvalue weighted by molar-refractivity contribution is 0.352. The number of likely N-dealkylation sites (tertiary alicyclic amines) is 1. The molecule has 0 spiro atoms. The van der Waals surface area contributed by atoms with Crippen LogP contribution in [0.1, 0.15) is 18.4 Å². The lowest BCUT2D eigenvalue weighted by Gasteiger charge is -2.15. The van der Waals surface area contributed by atoms with Crippen molar-refractivity contribution < 1.29 is 0 Å². The van der Waals surface area contributed by atoms with Gasteiger partial charge in [0.2, 0.25) is 0 Å². The van der Waals surface area contributed by atoms with Crippen LogP contribution in [0, 0.1) is 11.3 Å². The number of nitriles is 1. The van der Waals surface area contributed by atoms with Crippen LogP contribution in [0.5, 0.6) is 0 Å². The number of hydrogen-bond donors (Lipinski definition) is 1. The number of rotatable bonds is 4. The summed E-state index contributed by atoms with van der Waals surface area (Å²) in [5, 5.41) is 13.6. The molecule has 2 aromatic rings. The molecule has 1 N–H and O–H groups in total. The van der Waals surface area contributed by atoms with E-state index in [1.165, 1.54) is 25.9 Å². The van der Waals surface area contributed by atoms with Gasteiger partial charge < -0.3 is 10.2 Å². The summed E-state index contributed by atoms with van der Waals surface area (Å²) in [5.41, 5.74) is 1.54. The van der Waals surface area contributed by atoms with Gasteiger partial charge in [0, 0.05) is 18.5 Å². The van der Waals surface area contributed by atoms with Gasteiger partial charge in [-0.1, -0.05) is 18.2 Å². The van der Waals surface area contributed by atoms with Crippen molar-refractivity contribution in [3.63, 3.8) is 0 Å². The van der Waals surface area contributed by atoms with E-state index in [0.29, 0.717) is 11.4 Å². The van der Waals surface area contributed by atoms with E-state index < -0.39 is 0 Å². The van der Waals surface area contributed by atoms with Crippen molar-refractivity contribution in [3.8, 4) is 6.07 Å². The van der Waals surface area contributed by atoms with Gasteiger partial charge in [-0.15, -0.1) is 0 Å². The van der Waals surface area contributed by atoms with Crippen molar-refractivity contribution >= 4 is 16.7 Å². The molecule has 3 rings (SSSR count). The summed E-state index contributed by atoms with van der Waals surface area (Å²) in [6.45, 7) is 4.23. The fourth-order valence-electron chi connectivity index (χ4n) is 2.67. The summed E-state index contributed by atoms with van der Waals surface area (Å²) in [7, 11) is 0. The zero-order valence-corrected chi connectivity index (χ0v) is 11.5. The third kappa shape index (κ3) is 2.73. The number of hydrogen-bond acceptors (Lipinski definition) is 4. The van der Waals surface area contributed by atoms with Gasteiger partial charge >= 0.3 is 0 Å². The van der Waals surface area contributed by atoms with Gasteiger partial charge in [0.25, 0.3) is 0 Å². The van der Waals surface area contributed by atoms with Crippen LogP contribution in [0.4, 0.5) is 5.82 Å². The zero-order chi connectivity index (χ0) is 13.8. The Morgan fingerprint density at radius 2 is 2.05 bits per heavy atom. The molecule has 0 aliphatic carbocycles. The van der Waals surface area contributed by atoms with Crippen molar-refractivity contribution in [2.75, 3.05) is 31.5 Å². The second-order valence-electron chi connectivity index (χ2n) is 5.16. The van der Waals surface area contributed by atoms with Gasteiger partial charge in [0.05, 0.1) is 11.1 Å². The van der Waals surface area contributed by atoms with Crippen LogP contribution in [0.25, 0.3) is 10.9 Å². The van der Waals surface area contributed by atoms with Gasteiger partial charge in [-0.2, -0.15) is 5.26 Å². The van der Waals surface area contributed by atoms with E-state index in [4.69, 9.17) is 0 Å². The highest BCUT2D eigenvalue weighted by molar-refractivity contribution is 5.82. The average molecular weight is 266 g/mol. The molecule has 1 saturated heterocycles. The molecule has 1 aromatic heterocycles. The molecule has 102 valence electrons. The Morgan fingerprint density at radius 3 is 2.85 bits per heavy atom. The molecule has 0 atom stereocenters. The number of aromatic nitrogens is 1. The average Bonchev–Trinajstić information content (AvgIpc) is 3.00. The molecule has 4 heteroatoms. The minimum atomic E-state index is 0.616. The summed E-state index contributed by atoms with van der Waals surface area (Å²) in [6, 6.07) is 12.0. The predicted octanol–water partition coefficient (Wildman–Crippen LogP) is 2.61. The first-order chi connectivity index (χ1) is 9.86. The molecule has 0 unspecified atom stereocenters. The number of para-hydroxylation sites is 1. The smallest absolute Gasteiger partial charge is 0.144 e. The van der Waals surface area contributed by atoms with E-state index >= 15 is 0 Å². The van der Waals surface area contributed by atoms with Crippen LogP contribution < -0.4 is 5.32 Å². The summed E-state index contributed by atoms with van der Waals surface area (Å²) in [6.07, 6.45) is 2.61. The normalized spacial score (nSPS) is 15.3. The van der Waals surface area contributed by atoms with Crippen LogP contribution in [0.15, 0.2) is 30.3 Å². The molecule has 20 heavy (non-hydrogen) atoms.